The van der Waals surface area contributed by atoms with Crippen LogP contribution < -0.4 is 5.73 Å². The van der Waals surface area contributed by atoms with Crippen LogP contribution in [0.25, 0.3) is 0 Å². The molecule has 4 saturated carbocycles. The Kier molecular flexibility index (Phi) is 6.77. The molecule has 0 spiro atoms. The first kappa shape index (κ1) is 21.2. The molecule has 2 N–H and O–H groups in total. The highest BCUT2D eigenvalue weighted by Gasteiger charge is 2.59. The predicted molar refractivity (Wildman–Crippen MR) is 118 cm³/mol. The molecule has 28 heavy (non-hydrogen) atoms. The van der Waals surface area contributed by atoms with Crippen molar-refractivity contribution in [3.05, 3.63) is 0 Å². The molecule has 4 rings (SSSR count). The Balaban J connectivity index is 1.32. The lowest BCUT2D eigenvalue weighted by atomic mass is 9.45. The summed E-state index contributed by atoms with van der Waals surface area (Å²) in [6.07, 6.45) is 20.4. The highest BCUT2D eigenvalue weighted by Crippen LogP contribution is 2.67. The molecule has 2 heteroatoms. The monoisotopic (exact) mass is 389 g/mol. The summed E-state index contributed by atoms with van der Waals surface area (Å²) < 4.78 is 5.72. The Morgan fingerprint density at radius 3 is 2.46 bits per heavy atom. The van der Waals surface area contributed by atoms with Crippen LogP contribution in [0.3, 0.4) is 0 Å². The van der Waals surface area contributed by atoms with Crippen molar-refractivity contribution in [1.29, 1.82) is 0 Å². The number of unbranched alkanes of at least 4 members (excludes halogenated alkanes) is 1. The van der Waals surface area contributed by atoms with E-state index in [-0.39, 0.29) is 0 Å². The highest BCUT2D eigenvalue weighted by molar-refractivity contribution is 5.08. The molecule has 2 nitrogen and oxygen atoms in total. The average Bonchev–Trinajstić information content (AvgIpc) is 3.03. The molecule has 7 atom stereocenters. The van der Waals surface area contributed by atoms with Gasteiger partial charge < -0.3 is 10.5 Å². The number of ether oxygens (including phenoxy) is 1. The lowest BCUT2D eigenvalue weighted by Gasteiger charge is -2.60. The number of hydrogen-bond donors (Lipinski definition) is 1. The van der Waals surface area contributed by atoms with Crippen LogP contribution in [0.4, 0.5) is 0 Å². The Morgan fingerprint density at radius 1 is 0.786 bits per heavy atom. The van der Waals surface area contributed by atoms with Gasteiger partial charge in [0.25, 0.3) is 0 Å². The Labute approximate surface area is 174 Å². The van der Waals surface area contributed by atoms with Gasteiger partial charge in [-0.3, -0.25) is 0 Å². The molecule has 7 unspecified atom stereocenters. The summed E-state index contributed by atoms with van der Waals surface area (Å²) in [4.78, 5) is 0. The first-order valence-corrected chi connectivity index (χ1v) is 12.9. The molecule has 0 aromatic carbocycles. The largest absolute Gasteiger partial charge is 0.381 e. The highest BCUT2D eigenvalue weighted by atomic mass is 16.5. The fraction of sp³-hybridized carbons (Fsp3) is 1.00. The van der Waals surface area contributed by atoms with E-state index >= 15 is 0 Å². The third-order valence-electron chi connectivity index (χ3n) is 10.4. The average molecular weight is 390 g/mol. The molecule has 4 aliphatic rings. The maximum Gasteiger partial charge on any atom is 0.0478 e. The minimum Gasteiger partial charge on any atom is -0.381 e. The molecule has 0 saturated heterocycles. The van der Waals surface area contributed by atoms with Crippen LogP contribution in [-0.2, 0) is 4.74 Å². The van der Waals surface area contributed by atoms with E-state index in [4.69, 9.17) is 10.5 Å². The zero-order valence-electron chi connectivity index (χ0n) is 18.9. The van der Waals surface area contributed by atoms with E-state index in [1.54, 1.807) is 19.3 Å². The standard InChI is InChI=1S/C26H47NO/c1-25-15-5-3-8-20(25)10-12-22-23-13-11-21(26(23,2)16-14-24(22)25)9-4-6-18-28-19-7-17-27/h20-24H,3-19,27H2,1-2H3. The van der Waals surface area contributed by atoms with Crippen molar-refractivity contribution in [1.82, 2.24) is 0 Å². The summed E-state index contributed by atoms with van der Waals surface area (Å²) in [5.74, 6) is 5.20. The molecule has 0 aromatic heterocycles. The van der Waals surface area contributed by atoms with Crippen LogP contribution in [0.15, 0.2) is 0 Å². The van der Waals surface area contributed by atoms with Gasteiger partial charge >= 0.3 is 0 Å². The molecule has 0 aromatic rings. The van der Waals surface area contributed by atoms with Gasteiger partial charge in [-0.05, 0) is 118 Å². The molecular weight excluding hydrogens is 342 g/mol. The Bertz CT molecular complexity index is 507. The zero-order chi connectivity index (χ0) is 19.6. The second-order valence-corrected chi connectivity index (χ2v) is 11.5. The minimum atomic E-state index is 0.652. The molecule has 4 fully saturated rings. The Hall–Kier alpha value is -0.0800. The summed E-state index contributed by atoms with van der Waals surface area (Å²) in [6, 6.07) is 0. The van der Waals surface area contributed by atoms with Crippen molar-refractivity contribution in [3.8, 4) is 0 Å². The van der Waals surface area contributed by atoms with Crippen LogP contribution >= 0.6 is 0 Å². The number of fused-ring (bicyclic) bond motifs is 5. The first-order chi connectivity index (χ1) is 13.6. The summed E-state index contributed by atoms with van der Waals surface area (Å²) in [5, 5.41) is 0. The summed E-state index contributed by atoms with van der Waals surface area (Å²) in [6.45, 7) is 7.97. The van der Waals surface area contributed by atoms with Crippen LogP contribution in [-0.4, -0.2) is 19.8 Å². The maximum atomic E-state index is 5.72. The van der Waals surface area contributed by atoms with Crippen molar-refractivity contribution in [3.63, 3.8) is 0 Å². The molecule has 0 aliphatic heterocycles. The van der Waals surface area contributed by atoms with Crippen LogP contribution in [0, 0.1) is 40.4 Å². The molecule has 0 bridgehead atoms. The third-order valence-corrected chi connectivity index (χ3v) is 10.4. The second kappa shape index (κ2) is 8.96. The van der Waals surface area contributed by atoms with E-state index in [1.807, 2.05) is 0 Å². The van der Waals surface area contributed by atoms with Gasteiger partial charge in [-0.2, -0.15) is 0 Å². The smallest absolute Gasteiger partial charge is 0.0478 e. The van der Waals surface area contributed by atoms with Crippen LogP contribution in [0.1, 0.15) is 104 Å². The van der Waals surface area contributed by atoms with Gasteiger partial charge in [0.15, 0.2) is 0 Å². The predicted octanol–water partition coefficient (Wildman–Crippen LogP) is 6.57. The summed E-state index contributed by atoms with van der Waals surface area (Å²) in [5.41, 5.74) is 6.89. The van der Waals surface area contributed by atoms with E-state index in [0.717, 1.165) is 55.8 Å². The number of hydrogen-bond acceptors (Lipinski definition) is 2. The van der Waals surface area contributed by atoms with Gasteiger partial charge in [-0.1, -0.05) is 33.1 Å². The molecule has 0 heterocycles. The topological polar surface area (TPSA) is 35.2 Å². The zero-order valence-corrected chi connectivity index (χ0v) is 18.9. The van der Waals surface area contributed by atoms with Gasteiger partial charge in [-0.15, -0.1) is 0 Å². The number of rotatable bonds is 8. The van der Waals surface area contributed by atoms with Crippen LogP contribution in [0.5, 0.6) is 0 Å². The lowest BCUT2D eigenvalue weighted by Crippen LogP contribution is -2.52. The number of nitrogens with two attached hydrogens (primary N) is 1. The summed E-state index contributed by atoms with van der Waals surface area (Å²) in [7, 11) is 0. The van der Waals surface area contributed by atoms with E-state index < -0.39 is 0 Å². The summed E-state index contributed by atoms with van der Waals surface area (Å²) >= 11 is 0. The molecule has 0 radical (unpaired) electrons. The SMILES string of the molecule is CC12CCCCC1CCC1C2CCC2(C)C(CCCCOCCCN)CCC12. The fourth-order valence-corrected chi connectivity index (χ4v) is 8.76. The van der Waals surface area contributed by atoms with Crippen molar-refractivity contribution in [2.75, 3.05) is 19.8 Å². The maximum absolute atomic E-state index is 5.72. The van der Waals surface area contributed by atoms with Gasteiger partial charge in [0.2, 0.25) is 0 Å². The third kappa shape index (κ3) is 3.82. The van der Waals surface area contributed by atoms with E-state index in [9.17, 15) is 0 Å². The Morgan fingerprint density at radius 2 is 1.61 bits per heavy atom. The molecule has 162 valence electrons. The minimum absolute atomic E-state index is 0.652. The van der Waals surface area contributed by atoms with Crippen molar-refractivity contribution in [2.45, 2.75) is 104 Å². The fourth-order valence-electron chi connectivity index (χ4n) is 8.76. The van der Waals surface area contributed by atoms with E-state index in [0.29, 0.717) is 10.8 Å². The van der Waals surface area contributed by atoms with Crippen LogP contribution in [0.2, 0.25) is 0 Å². The van der Waals surface area contributed by atoms with Crippen molar-refractivity contribution in [2.24, 2.45) is 46.2 Å². The van der Waals surface area contributed by atoms with Gasteiger partial charge in [0.05, 0.1) is 0 Å². The normalized spacial score (nSPS) is 45.3. The van der Waals surface area contributed by atoms with Gasteiger partial charge in [0.1, 0.15) is 0 Å². The second-order valence-electron chi connectivity index (χ2n) is 11.5. The van der Waals surface area contributed by atoms with Crippen molar-refractivity contribution >= 4 is 0 Å². The quantitative estimate of drug-likeness (QED) is 0.476. The van der Waals surface area contributed by atoms with E-state index in [1.165, 1.54) is 64.2 Å². The van der Waals surface area contributed by atoms with Gasteiger partial charge in [0, 0.05) is 13.2 Å². The van der Waals surface area contributed by atoms with E-state index in [2.05, 4.69) is 13.8 Å². The lowest BCUT2D eigenvalue weighted by molar-refractivity contribution is -0.111. The molecule has 4 aliphatic carbocycles. The molecule has 0 amide bonds. The first-order valence-electron chi connectivity index (χ1n) is 12.9. The van der Waals surface area contributed by atoms with Gasteiger partial charge in [-0.25, -0.2) is 0 Å². The van der Waals surface area contributed by atoms with Crippen molar-refractivity contribution < 1.29 is 4.74 Å². The molecular formula is C26H47NO.